The molecule has 29 heavy (non-hydrogen) atoms. The van der Waals surface area contributed by atoms with E-state index in [9.17, 15) is 19.2 Å². The Balaban J connectivity index is 0.00000240. The molecule has 1 aromatic heterocycles. The number of benzene rings is 3. The van der Waals surface area contributed by atoms with E-state index in [1.54, 1.807) is 12.1 Å². The summed E-state index contributed by atoms with van der Waals surface area (Å²) in [6.07, 6.45) is 0.435. The van der Waals surface area contributed by atoms with Crippen molar-refractivity contribution in [1.29, 1.82) is 0 Å². The minimum Gasteiger partial charge on any atom is -0.397 e. The van der Waals surface area contributed by atoms with Crippen molar-refractivity contribution >= 4 is 43.7 Å². The van der Waals surface area contributed by atoms with Crippen molar-refractivity contribution < 1.29 is 4.74 Å². The molecule has 0 radical (unpaired) electrons. The molecular weight excluding hydrogens is 374 g/mol. The average Bonchev–Trinajstić information content (AvgIpc) is 2.94. The van der Waals surface area contributed by atoms with Crippen LogP contribution in [-0.2, 0) is 11.3 Å². The highest BCUT2D eigenvalue weighted by Crippen LogP contribution is 2.31. The third-order valence-electron chi connectivity index (χ3n) is 5.10. The fourth-order valence-corrected chi connectivity index (χ4v) is 3.79. The largest absolute Gasteiger partial charge is 0.397 e. The number of fused-ring (bicyclic) bond motifs is 3. The van der Waals surface area contributed by atoms with Gasteiger partial charge in [0, 0.05) is 31.0 Å². The standard InChI is InChI=1S/C20H17N3O5.CH4/c1-28-8-4-7-23-19(26)13-14(20(23)27)16(22)12-11(15(13)21)17(24)9-5-2-3-6-10(9)18(12)25;/h2-3,5-6H,4,7-8,21-22H2,1H3;1H4. The lowest BCUT2D eigenvalue weighted by Crippen LogP contribution is -2.26. The van der Waals surface area contributed by atoms with Gasteiger partial charge >= 0.3 is 0 Å². The second-order valence-corrected chi connectivity index (χ2v) is 6.64. The molecule has 0 aliphatic carbocycles. The number of ether oxygens (including phenoxy) is 1. The molecule has 0 bridgehead atoms. The Bertz CT molecular complexity index is 1370. The van der Waals surface area contributed by atoms with Gasteiger partial charge in [-0.25, -0.2) is 0 Å². The van der Waals surface area contributed by atoms with Gasteiger partial charge in [0.15, 0.2) is 10.9 Å². The molecule has 0 aliphatic rings. The van der Waals surface area contributed by atoms with Crippen LogP contribution in [0.2, 0.25) is 0 Å². The summed E-state index contributed by atoms with van der Waals surface area (Å²) in [5, 5.41) is -0.0578. The van der Waals surface area contributed by atoms with Gasteiger partial charge in [0.25, 0.3) is 11.1 Å². The molecule has 8 nitrogen and oxygen atoms in total. The summed E-state index contributed by atoms with van der Waals surface area (Å²) in [6, 6.07) is 6.30. The summed E-state index contributed by atoms with van der Waals surface area (Å²) >= 11 is 0. The van der Waals surface area contributed by atoms with Crippen molar-refractivity contribution in [3.05, 3.63) is 65.4 Å². The highest BCUT2D eigenvalue weighted by molar-refractivity contribution is 6.20. The Hall–Kier alpha value is -3.52. The maximum atomic E-state index is 13.0. The number of hydrogen-bond donors (Lipinski definition) is 2. The van der Waals surface area contributed by atoms with Crippen LogP contribution in [0.25, 0.3) is 32.3 Å². The summed E-state index contributed by atoms with van der Waals surface area (Å²) < 4.78 is 5.97. The van der Waals surface area contributed by atoms with E-state index in [-0.39, 0.29) is 57.7 Å². The molecule has 0 atom stereocenters. The third kappa shape index (κ3) is 2.64. The molecule has 4 N–H and O–H groups in total. The number of methoxy groups -OCH3 is 1. The molecule has 0 aliphatic heterocycles. The van der Waals surface area contributed by atoms with Crippen molar-refractivity contribution in [2.75, 3.05) is 25.2 Å². The molecule has 3 aromatic carbocycles. The number of rotatable bonds is 4. The molecule has 0 saturated heterocycles. The smallest absolute Gasteiger partial charge is 0.263 e. The van der Waals surface area contributed by atoms with Crippen LogP contribution in [0.1, 0.15) is 13.8 Å². The van der Waals surface area contributed by atoms with Crippen LogP contribution in [-0.4, -0.2) is 18.3 Å². The lowest BCUT2D eigenvalue weighted by Gasteiger charge is -2.07. The molecule has 1 heterocycles. The first-order chi connectivity index (χ1) is 13.4. The van der Waals surface area contributed by atoms with Crippen LogP contribution in [0.4, 0.5) is 11.4 Å². The van der Waals surface area contributed by atoms with E-state index in [2.05, 4.69) is 0 Å². The predicted molar refractivity (Wildman–Crippen MR) is 116 cm³/mol. The lowest BCUT2D eigenvalue weighted by molar-refractivity contribution is 0.190. The van der Waals surface area contributed by atoms with Gasteiger partial charge in [0.05, 0.1) is 32.9 Å². The normalized spacial score (nSPS) is 11.3. The first kappa shape index (κ1) is 20.2. The van der Waals surface area contributed by atoms with E-state index in [0.29, 0.717) is 13.0 Å². The van der Waals surface area contributed by atoms with Gasteiger partial charge < -0.3 is 16.2 Å². The lowest BCUT2D eigenvalue weighted by atomic mass is 9.97. The van der Waals surface area contributed by atoms with Crippen LogP contribution in [0.5, 0.6) is 0 Å². The molecule has 0 unspecified atom stereocenters. The summed E-state index contributed by atoms with van der Waals surface area (Å²) in [4.78, 5) is 51.6. The van der Waals surface area contributed by atoms with E-state index in [4.69, 9.17) is 16.2 Å². The van der Waals surface area contributed by atoms with Crippen LogP contribution in [0.15, 0.2) is 43.4 Å². The van der Waals surface area contributed by atoms with Gasteiger partial charge in [-0.3, -0.25) is 23.7 Å². The van der Waals surface area contributed by atoms with E-state index < -0.39 is 22.0 Å². The van der Waals surface area contributed by atoms with Crippen LogP contribution < -0.4 is 33.4 Å². The number of hydrogen-bond acceptors (Lipinski definition) is 7. The van der Waals surface area contributed by atoms with Crippen LogP contribution >= 0.6 is 0 Å². The van der Waals surface area contributed by atoms with Gasteiger partial charge in [-0.1, -0.05) is 31.7 Å². The SMILES string of the molecule is C.COCCCn1c(=O)c2c(N)c3c(=O)c4ccccc4c(=O)c3c(N)c2c1=O. The van der Waals surface area contributed by atoms with E-state index in [1.165, 1.54) is 19.2 Å². The number of nitrogens with zero attached hydrogens (tertiary/aromatic N) is 1. The van der Waals surface area contributed by atoms with Crippen molar-refractivity contribution in [3.8, 4) is 0 Å². The zero-order valence-corrected chi connectivity index (χ0v) is 15.1. The number of nitrogen functional groups attached to an aromatic ring is 2. The van der Waals surface area contributed by atoms with Crippen LogP contribution in [0.3, 0.4) is 0 Å². The Labute approximate surface area is 164 Å². The molecule has 4 rings (SSSR count). The second kappa shape index (κ2) is 7.14. The van der Waals surface area contributed by atoms with Gasteiger partial charge in [0.1, 0.15) is 0 Å². The van der Waals surface area contributed by atoms with Crippen LogP contribution in [0, 0.1) is 0 Å². The Kier molecular flexibility index (Phi) is 4.98. The maximum absolute atomic E-state index is 13.0. The molecule has 8 heteroatoms. The van der Waals surface area contributed by atoms with Crippen molar-refractivity contribution in [2.45, 2.75) is 20.4 Å². The number of nitrogens with two attached hydrogens (primary N) is 2. The zero-order valence-electron chi connectivity index (χ0n) is 15.1. The molecule has 0 spiro atoms. The maximum Gasteiger partial charge on any atom is 0.263 e. The van der Waals surface area contributed by atoms with Gasteiger partial charge in [-0.15, -0.1) is 0 Å². The quantitative estimate of drug-likeness (QED) is 0.229. The second-order valence-electron chi connectivity index (χ2n) is 6.64. The Morgan fingerprint density at radius 1 is 0.828 bits per heavy atom. The topological polar surface area (TPSA) is 134 Å². The minimum atomic E-state index is -0.623. The molecule has 150 valence electrons. The van der Waals surface area contributed by atoms with Crippen molar-refractivity contribution in [3.63, 3.8) is 0 Å². The monoisotopic (exact) mass is 395 g/mol. The minimum absolute atomic E-state index is 0. The molecule has 0 amide bonds. The molecule has 0 saturated carbocycles. The summed E-state index contributed by atoms with van der Waals surface area (Å²) in [5.74, 6) is 0. The number of aromatic nitrogens is 1. The summed E-state index contributed by atoms with van der Waals surface area (Å²) in [5.41, 5.74) is 9.71. The van der Waals surface area contributed by atoms with Gasteiger partial charge in [-0.2, -0.15) is 0 Å². The first-order valence-corrected chi connectivity index (χ1v) is 8.68. The number of anilines is 2. The van der Waals surface area contributed by atoms with Gasteiger partial charge in [0.2, 0.25) is 0 Å². The Morgan fingerprint density at radius 3 is 1.69 bits per heavy atom. The molecule has 4 aromatic rings. The Morgan fingerprint density at radius 2 is 1.28 bits per heavy atom. The van der Waals surface area contributed by atoms with E-state index >= 15 is 0 Å². The fourth-order valence-electron chi connectivity index (χ4n) is 3.79. The predicted octanol–water partition coefficient (Wildman–Crippen LogP) is 1.10. The first-order valence-electron chi connectivity index (χ1n) is 8.68. The molecular formula is C21H21N3O5. The zero-order chi connectivity index (χ0) is 20.2. The molecule has 0 fully saturated rings. The van der Waals surface area contributed by atoms with E-state index in [1.807, 2.05) is 0 Å². The third-order valence-corrected chi connectivity index (χ3v) is 5.10. The summed E-state index contributed by atoms with van der Waals surface area (Å²) in [6.45, 7) is 0.479. The highest BCUT2D eigenvalue weighted by Gasteiger charge is 2.25. The summed E-state index contributed by atoms with van der Waals surface area (Å²) in [7, 11) is 1.52. The average molecular weight is 395 g/mol. The van der Waals surface area contributed by atoms with E-state index in [0.717, 1.165) is 4.57 Å². The highest BCUT2D eigenvalue weighted by atomic mass is 16.5. The van der Waals surface area contributed by atoms with Crippen molar-refractivity contribution in [1.82, 2.24) is 4.57 Å². The van der Waals surface area contributed by atoms with Crippen molar-refractivity contribution in [2.24, 2.45) is 0 Å². The fraction of sp³-hybridized carbons (Fsp3) is 0.238. The van der Waals surface area contributed by atoms with Gasteiger partial charge in [-0.05, 0) is 6.42 Å².